The molecule has 1 aromatic rings. The summed E-state index contributed by atoms with van der Waals surface area (Å²) in [6.45, 7) is 3.99. The molecule has 0 radical (unpaired) electrons. The highest BCUT2D eigenvalue weighted by atomic mass is 16.5. The van der Waals surface area contributed by atoms with E-state index in [1.807, 2.05) is 18.7 Å². The van der Waals surface area contributed by atoms with Gasteiger partial charge < -0.3 is 14.6 Å². The van der Waals surface area contributed by atoms with Gasteiger partial charge in [0.2, 0.25) is 0 Å². The van der Waals surface area contributed by atoms with Gasteiger partial charge in [0.1, 0.15) is 0 Å². The molecule has 0 bridgehead atoms. The van der Waals surface area contributed by atoms with Gasteiger partial charge in [0.15, 0.2) is 0 Å². The molecule has 0 spiro atoms. The fourth-order valence-corrected chi connectivity index (χ4v) is 2.09. The van der Waals surface area contributed by atoms with E-state index in [0.717, 1.165) is 39.1 Å². The highest BCUT2D eigenvalue weighted by molar-refractivity contribution is 4.74. The smallest absolute Gasteiger partial charge is 0.0945 e. The van der Waals surface area contributed by atoms with Crippen LogP contribution in [0.4, 0.5) is 0 Å². The first-order valence-corrected chi connectivity index (χ1v) is 6.22. The molecule has 1 fully saturated rings. The predicted molar refractivity (Wildman–Crippen MR) is 63.3 cm³/mol. The zero-order valence-corrected chi connectivity index (χ0v) is 9.77. The third kappa shape index (κ3) is 3.94. The summed E-state index contributed by atoms with van der Waals surface area (Å²) in [5, 5.41) is 3.61. The van der Waals surface area contributed by atoms with Crippen molar-refractivity contribution in [2.75, 3.05) is 19.8 Å². The lowest BCUT2D eigenvalue weighted by Crippen LogP contribution is -2.30. The molecule has 0 saturated carbocycles. The first-order chi connectivity index (χ1) is 7.95. The summed E-state index contributed by atoms with van der Waals surface area (Å²) in [7, 11) is 0. The molecule has 1 aromatic heterocycles. The van der Waals surface area contributed by atoms with Gasteiger partial charge in [0.05, 0.1) is 6.33 Å². The maximum Gasteiger partial charge on any atom is 0.0945 e. The van der Waals surface area contributed by atoms with Crippen molar-refractivity contribution in [3.63, 3.8) is 0 Å². The van der Waals surface area contributed by atoms with Crippen LogP contribution < -0.4 is 5.32 Å². The maximum atomic E-state index is 5.44. The highest BCUT2D eigenvalue weighted by Crippen LogP contribution is 2.07. The van der Waals surface area contributed by atoms with Gasteiger partial charge >= 0.3 is 0 Å². The van der Waals surface area contributed by atoms with Crippen LogP contribution in [0.2, 0.25) is 0 Å². The number of rotatable bonds is 5. The fraction of sp³-hybridized carbons (Fsp3) is 0.750. The molecule has 0 aromatic carbocycles. The van der Waals surface area contributed by atoms with Gasteiger partial charge in [-0.05, 0) is 32.2 Å². The van der Waals surface area contributed by atoms with Gasteiger partial charge in [-0.15, -0.1) is 0 Å². The molecular weight excluding hydrogens is 202 g/mol. The van der Waals surface area contributed by atoms with Crippen molar-refractivity contribution in [2.45, 2.75) is 38.3 Å². The summed E-state index contributed by atoms with van der Waals surface area (Å²) in [5.74, 6) is 0. The lowest BCUT2D eigenvalue weighted by atomic mass is 10.1. The molecule has 0 aliphatic carbocycles. The summed E-state index contributed by atoms with van der Waals surface area (Å²) in [6.07, 6.45) is 10.5. The Morgan fingerprint density at radius 2 is 2.38 bits per heavy atom. The van der Waals surface area contributed by atoms with E-state index in [4.69, 9.17) is 4.74 Å². The average molecular weight is 223 g/mol. The lowest BCUT2D eigenvalue weighted by Gasteiger charge is -2.15. The highest BCUT2D eigenvalue weighted by Gasteiger charge is 2.10. The van der Waals surface area contributed by atoms with Crippen LogP contribution in [0.5, 0.6) is 0 Å². The molecule has 4 nitrogen and oxygen atoms in total. The van der Waals surface area contributed by atoms with Crippen molar-refractivity contribution in [1.82, 2.24) is 14.9 Å². The second kappa shape index (κ2) is 6.66. The Labute approximate surface area is 97.0 Å². The molecule has 90 valence electrons. The third-order valence-corrected chi connectivity index (χ3v) is 3.04. The molecule has 2 rings (SSSR count). The number of hydrogen-bond donors (Lipinski definition) is 1. The Kier molecular flexibility index (Phi) is 4.83. The summed E-state index contributed by atoms with van der Waals surface area (Å²) < 4.78 is 7.56. The normalized spacial score (nSPS) is 21.9. The Morgan fingerprint density at radius 1 is 1.38 bits per heavy atom. The van der Waals surface area contributed by atoms with Gasteiger partial charge in [0, 0.05) is 38.2 Å². The average Bonchev–Trinajstić information content (AvgIpc) is 2.68. The van der Waals surface area contributed by atoms with Crippen molar-refractivity contribution in [1.29, 1.82) is 0 Å². The van der Waals surface area contributed by atoms with E-state index < -0.39 is 0 Å². The minimum Gasteiger partial charge on any atom is -0.381 e. The molecule has 1 saturated heterocycles. The van der Waals surface area contributed by atoms with Gasteiger partial charge in [-0.2, -0.15) is 0 Å². The fourth-order valence-electron chi connectivity index (χ4n) is 2.09. The van der Waals surface area contributed by atoms with Crippen molar-refractivity contribution < 1.29 is 4.74 Å². The number of aryl methyl sites for hydroxylation is 1. The molecule has 1 aliphatic heterocycles. The van der Waals surface area contributed by atoms with E-state index in [0.29, 0.717) is 6.04 Å². The van der Waals surface area contributed by atoms with Gasteiger partial charge in [0.25, 0.3) is 0 Å². The monoisotopic (exact) mass is 223 g/mol. The largest absolute Gasteiger partial charge is 0.381 e. The second-order valence-corrected chi connectivity index (χ2v) is 4.35. The van der Waals surface area contributed by atoms with Crippen LogP contribution in [-0.2, 0) is 11.3 Å². The standard InChI is InChI=1S/C12H21N3O/c1-3-12(4-10-16-9-1)14-5-2-7-15-8-6-13-11-15/h6,8,11-12,14H,1-5,7,9-10H2. The molecule has 2 heterocycles. The molecule has 1 N–H and O–H groups in total. The first kappa shape index (κ1) is 11.6. The Balaban J connectivity index is 1.56. The van der Waals surface area contributed by atoms with Crippen molar-refractivity contribution in [3.05, 3.63) is 18.7 Å². The second-order valence-electron chi connectivity index (χ2n) is 4.35. The third-order valence-electron chi connectivity index (χ3n) is 3.04. The van der Waals surface area contributed by atoms with Crippen molar-refractivity contribution >= 4 is 0 Å². The van der Waals surface area contributed by atoms with Crippen LogP contribution in [0.25, 0.3) is 0 Å². The van der Waals surface area contributed by atoms with E-state index in [1.165, 1.54) is 12.8 Å². The number of aromatic nitrogens is 2. The summed E-state index contributed by atoms with van der Waals surface area (Å²) in [4.78, 5) is 4.03. The zero-order chi connectivity index (χ0) is 11.1. The van der Waals surface area contributed by atoms with E-state index >= 15 is 0 Å². The molecule has 16 heavy (non-hydrogen) atoms. The topological polar surface area (TPSA) is 39.1 Å². The Bertz CT molecular complexity index is 266. The zero-order valence-electron chi connectivity index (χ0n) is 9.77. The minimum absolute atomic E-state index is 0.658. The maximum absolute atomic E-state index is 5.44. The van der Waals surface area contributed by atoms with E-state index in [-0.39, 0.29) is 0 Å². The van der Waals surface area contributed by atoms with Crippen LogP contribution in [0.1, 0.15) is 25.7 Å². The molecule has 1 unspecified atom stereocenters. The van der Waals surface area contributed by atoms with Crippen LogP contribution >= 0.6 is 0 Å². The summed E-state index contributed by atoms with van der Waals surface area (Å²) >= 11 is 0. The molecule has 0 amide bonds. The number of nitrogens with one attached hydrogen (secondary N) is 1. The van der Waals surface area contributed by atoms with Gasteiger partial charge in [-0.3, -0.25) is 0 Å². The van der Waals surface area contributed by atoms with Crippen LogP contribution in [0.15, 0.2) is 18.7 Å². The lowest BCUT2D eigenvalue weighted by molar-refractivity contribution is 0.142. The molecule has 1 aliphatic rings. The molecular formula is C12H21N3O. The van der Waals surface area contributed by atoms with Crippen LogP contribution in [0, 0.1) is 0 Å². The number of nitrogens with zero attached hydrogens (tertiary/aromatic N) is 2. The number of hydrogen-bond acceptors (Lipinski definition) is 3. The predicted octanol–water partition coefficient (Wildman–Crippen LogP) is 1.43. The quantitative estimate of drug-likeness (QED) is 0.768. The molecule has 4 heteroatoms. The van der Waals surface area contributed by atoms with Crippen molar-refractivity contribution in [2.24, 2.45) is 0 Å². The van der Waals surface area contributed by atoms with Gasteiger partial charge in [-0.1, -0.05) is 0 Å². The Morgan fingerprint density at radius 3 is 3.25 bits per heavy atom. The Hall–Kier alpha value is -0.870. The van der Waals surface area contributed by atoms with Crippen LogP contribution in [0.3, 0.4) is 0 Å². The van der Waals surface area contributed by atoms with E-state index in [2.05, 4.69) is 14.9 Å². The molecule has 1 atom stereocenters. The SMILES string of the molecule is c1cn(CCCNC2CCCOCC2)cn1. The van der Waals surface area contributed by atoms with Gasteiger partial charge in [-0.25, -0.2) is 4.98 Å². The summed E-state index contributed by atoms with van der Waals surface area (Å²) in [5.41, 5.74) is 0. The van der Waals surface area contributed by atoms with Crippen LogP contribution in [-0.4, -0.2) is 35.4 Å². The van der Waals surface area contributed by atoms with E-state index in [1.54, 1.807) is 0 Å². The number of imidazole rings is 1. The van der Waals surface area contributed by atoms with E-state index in [9.17, 15) is 0 Å². The van der Waals surface area contributed by atoms with Crippen molar-refractivity contribution in [3.8, 4) is 0 Å². The first-order valence-electron chi connectivity index (χ1n) is 6.22. The summed E-state index contributed by atoms with van der Waals surface area (Å²) in [6, 6.07) is 0.658. The number of ether oxygens (including phenoxy) is 1. The minimum atomic E-state index is 0.658.